The summed E-state index contributed by atoms with van der Waals surface area (Å²) in [6.45, 7) is 0.306. The predicted octanol–water partition coefficient (Wildman–Crippen LogP) is 3.31. The van der Waals surface area contributed by atoms with Crippen molar-refractivity contribution in [2.75, 3.05) is 11.1 Å². The van der Waals surface area contributed by atoms with E-state index in [4.69, 9.17) is 11.6 Å². The molecule has 1 N–H and O–H groups in total. The van der Waals surface area contributed by atoms with Gasteiger partial charge in [-0.15, -0.1) is 5.10 Å². The van der Waals surface area contributed by atoms with E-state index >= 15 is 0 Å². The highest BCUT2D eigenvalue weighted by Gasteiger charge is 2.15. The van der Waals surface area contributed by atoms with Crippen LogP contribution in [0.1, 0.15) is 18.4 Å². The van der Waals surface area contributed by atoms with Crippen LogP contribution in [0.3, 0.4) is 0 Å². The highest BCUT2D eigenvalue weighted by molar-refractivity contribution is 7.91. The summed E-state index contributed by atoms with van der Waals surface area (Å²) in [5.74, 6) is -0.791. The summed E-state index contributed by atoms with van der Waals surface area (Å²) in [4.78, 5) is 16.2. The zero-order chi connectivity index (χ0) is 20.9. The van der Waals surface area contributed by atoms with Crippen molar-refractivity contribution >= 4 is 33.3 Å². The Kier molecular flexibility index (Phi) is 6.60. The van der Waals surface area contributed by atoms with Crippen LogP contribution in [-0.2, 0) is 21.2 Å². The van der Waals surface area contributed by atoms with E-state index in [0.29, 0.717) is 17.1 Å². The lowest BCUT2D eigenvalue weighted by Gasteiger charge is -2.05. The lowest BCUT2D eigenvalue weighted by molar-refractivity contribution is -0.116. The molecule has 29 heavy (non-hydrogen) atoms. The topological polar surface area (TPSA) is 94.0 Å². The van der Waals surface area contributed by atoms with Crippen molar-refractivity contribution in [2.45, 2.75) is 24.3 Å². The van der Waals surface area contributed by atoms with Crippen molar-refractivity contribution in [3.63, 3.8) is 0 Å². The molecular weight excluding hydrogens is 419 g/mol. The largest absolute Gasteiger partial charge is 0.293 e. The Bertz CT molecular complexity index is 1100. The normalized spacial score (nSPS) is 11.4. The first-order valence-electron chi connectivity index (χ1n) is 8.74. The molecule has 0 atom stereocenters. The molecule has 3 aromatic rings. The number of carbonyl (C=O) groups excluding carboxylic acids is 1. The number of anilines is 1. The fourth-order valence-electron chi connectivity index (χ4n) is 2.62. The predicted molar refractivity (Wildman–Crippen MR) is 107 cm³/mol. The maximum absolute atomic E-state index is 13.2. The number of benzene rings is 2. The molecule has 1 aromatic heterocycles. The maximum atomic E-state index is 13.2. The number of nitrogens with zero attached hydrogens (tertiary/aromatic N) is 3. The standard InChI is InChI=1S/C19H18ClFN4O3S/c20-15-6-8-17(9-7-15)29(27,28)10-2-5-18(26)23-19-22-13-25(24-19)12-14-3-1-4-16(21)11-14/h1,3-4,6-9,11,13H,2,5,10,12H2,(H,23,24,26). The minimum absolute atomic E-state index is 0.00521. The van der Waals surface area contributed by atoms with E-state index in [1.54, 1.807) is 12.1 Å². The molecule has 1 heterocycles. The summed E-state index contributed by atoms with van der Waals surface area (Å²) in [5, 5.41) is 7.08. The van der Waals surface area contributed by atoms with Crippen molar-refractivity contribution < 1.29 is 17.6 Å². The minimum Gasteiger partial charge on any atom is -0.293 e. The number of carbonyl (C=O) groups is 1. The number of nitrogens with one attached hydrogen (secondary N) is 1. The smallest absolute Gasteiger partial charge is 0.248 e. The molecule has 0 bridgehead atoms. The molecule has 0 aliphatic carbocycles. The van der Waals surface area contributed by atoms with Crippen LogP contribution in [0.5, 0.6) is 0 Å². The van der Waals surface area contributed by atoms with Gasteiger partial charge >= 0.3 is 0 Å². The average molecular weight is 437 g/mol. The van der Waals surface area contributed by atoms with E-state index in [-0.39, 0.29) is 41.2 Å². The second-order valence-corrected chi connectivity index (χ2v) is 8.87. The number of rotatable bonds is 8. The third-order valence-electron chi connectivity index (χ3n) is 4.01. The van der Waals surface area contributed by atoms with Crippen LogP contribution in [-0.4, -0.2) is 34.8 Å². The average Bonchev–Trinajstić information content (AvgIpc) is 3.08. The van der Waals surface area contributed by atoms with Crippen LogP contribution in [0.4, 0.5) is 10.3 Å². The third kappa shape index (κ3) is 6.10. The summed E-state index contributed by atoms with van der Waals surface area (Å²) in [5.41, 5.74) is 0.709. The quantitative estimate of drug-likeness (QED) is 0.584. The van der Waals surface area contributed by atoms with E-state index in [1.807, 2.05) is 0 Å². The van der Waals surface area contributed by atoms with Crippen LogP contribution >= 0.6 is 11.6 Å². The lowest BCUT2D eigenvalue weighted by atomic mass is 10.2. The van der Waals surface area contributed by atoms with Crippen molar-refractivity contribution in [2.24, 2.45) is 0 Å². The Hall–Kier alpha value is -2.78. The van der Waals surface area contributed by atoms with Gasteiger partial charge in [-0.25, -0.2) is 22.5 Å². The zero-order valence-electron chi connectivity index (χ0n) is 15.3. The summed E-state index contributed by atoms with van der Waals surface area (Å²) in [6.07, 6.45) is 1.58. The molecule has 0 fully saturated rings. The van der Waals surface area contributed by atoms with Gasteiger partial charge in [-0.05, 0) is 48.4 Å². The maximum Gasteiger partial charge on any atom is 0.248 e. The number of amides is 1. The molecule has 10 heteroatoms. The van der Waals surface area contributed by atoms with Crippen molar-refractivity contribution in [1.29, 1.82) is 0 Å². The molecule has 0 spiro atoms. The van der Waals surface area contributed by atoms with Crippen molar-refractivity contribution in [3.05, 3.63) is 71.3 Å². The highest BCUT2D eigenvalue weighted by Crippen LogP contribution is 2.16. The summed E-state index contributed by atoms with van der Waals surface area (Å²) in [7, 11) is -3.48. The molecule has 3 rings (SSSR count). The molecule has 0 saturated carbocycles. The third-order valence-corrected chi connectivity index (χ3v) is 6.08. The van der Waals surface area contributed by atoms with E-state index < -0.39 is 9.84 Å². The van der Waals surface area contributed by atoms with Gasteiger partial charge in [0.05, 0.1) is 17.2 Å². The lowest BCUT2D eigenvalue weighted by Crippen LogP contribution is -2.15. The molecule has 0 aliphatic heterocycles. The van der Waals surface area contributed by atoms with E-state index in [2.05, 4.69) is 15.4 Å². The van der Waals surface area contributed by atoms with Crippen molar-refractivity contribution in [3.8, 4) is 0 Å². The summed E-state index contributed by atoms with van der Waals surface area (Å²) in [6, 6.07) is 12.0. The molecule has 2 aromatic carbocycles. The van der Waals surface area contributed by atoms with Gasteiger partial charge in [-0.1, -0.05) is 23.7 Å². The fourth-order valence-corrected chi connectivity index (χ4v) is 4.06. The number of hydrogen-bond acceptors (Lipinski definition) is 5. The number of hydrogen-bond donors (Lipinski definition) is 1. The Morgan fingerprint density at radius 3 is 2.66 bits per heavy atom. The second kappa shape index (κ2) is 9.15. The van der Waals surface area contributed by atoms with Crippen LogP contribution in [0.25, 0.3) is 0 Å². The number of aromatic nitrogens is 3. The minimum atomic E-state index is -3.48. The van der Waals surface area contributed by atoms with Gasteiger partial charge in [-0.2, -0.15) is 0 Å². The second-order valence-electron chi connectivity index (χ2n) is 6.32. The fraction of sp³-hybridized carbons (Fsp3) is 0.211. The van der Waals surface area contributed by atoms with Crippen LogP contribution < -0.4 is 5.32 Å². The Morgan fingerprint density at radius 1 is 1.17 bits per heavy atom. The Morgan fingerprint density at radius 2 is 1.93 bits per heavy atom. The Labute approximate surface area is 172 Å². The molecular formula is C19H18ClFN4O3S. The summed E-state index contributed by atoms with van der Waals surface area (Å²) >= 11 is 5.76. The van der Waals surface area contributed by atoms with Gasteiger partial charge in [-0.3, -0.25) is 10.1 Å². The molecule has 0 saturated heterocycles. The Balaban J connectivity index is 1.48. The van der Waals surface area contributed by atoms with Crippen LogP contribution in [0.15, 0.2) is 59.8 Å². The molecule has 0 radical (unpaired) electrons. The first-order valence-corrected chi connectivity index (χ1v) is 10.8. The van der Waals surface area contributed by atoms with Gasteiger partial charge < -0.3 is 0 Å². The van der Waals surface area contributed by atoms with E-state index in [9.17, 15) is 17.6 Å². The SMILES string of the molecule is O=C(CCCS(=O)(=O)c1ccc(Cl)cc1)Nc1ncn(Cc2cccc(F)c2)n1. The monoisotopic (exact) mass is 436 g/mol. The zero-order valence-corrected chi connectivity index (χ0v) is 16.8. The van der Waals surface area contributed by atoms with Gasteiger partial charge in [0.15, 0.2) is 9.84 Å². The number of sulfone groups is 1. The molecule has 7 nitrogen and oxygen atoms in total. The van der Waals surface area contributed by atoms with Gasteiger partial charge in [0.25, 0.3) is 0 Å². The van der Waals surface area contributed by atoms with Gasteiger partial charge in [0, 0.05) is 11.4 Å². The molecule has 0 aliphatic rings. The molecule has 152 valence electrons. The molecule has 0 unspecified atom stereocenters. The van der Waals surface area contributed by atoms with Gasteiger partial charge in [0.1, 0.15) is 12.1 Å². The highest BCUT2D eigenvalue weighted by atomic mass is 35.5. The first-order chi connectivity index (χ1) is 13.8. The van der Waals surface area contributed by atoms with E-state index in [0.717, 1.165) is 0 Å². The van der Waals surface area contributed by atoms with Gasteiger partial charge in [0.2, 0.25) is 11.9 Å². The van der Waals surface area contributed by atoms with E-state index in [1.165, 1.54) is 47.4 Å². The van der Waals surface area contributed by atoms with Crippen molar-refractivity contribution in [1.82, 2.24) is 14.8 Å². The summed E-state index contributed by atoms with van der Waals surface area (Å²) < 4.78 is 39.2. The van der Waals surface area contributed by atoms with Crippen LogP contribution in [0.2, 0.25) is 5.02 Å². The molecule has 1 amide bonds. The first kappa shape index (κ1) is 20.9. The van der Waals surface area contributed by atoms with Crippen LogP contribution in [0, 0.1) is 5.82 Å². The number of halogens is 2.